The normalized spacial score (nSPS) is 12.3. The molecule has 0 fully saturated rings. The average molecular weight is 803 g/mol. The molecule has 2 N–H and O–H groups in total. The number of ether oxygens (including phenoxy) is 2. The van der Waals surface area contributed by atoms with E-state index >= 15 is 0 Å². The summed E-state index contributed by atoms with van der Waals surface area (Å²) in [6.07, 6.45) is 46.9. The summed E-state index contributed by atoms with van der Waals surface area (Å²) in [5.41, 5.74) is 0. The minimum atomic E-state index is -4.75. The summed E-state index contributed by atoms with van der Waals surface area (Å²) >= 11 is 0. The molecule has 0 heterocycles. The van der Waals surface area contributed by atoms with Crippen LogP contribution in [0, 0.1) is 0 Å². The first kappa shape index (κ1) is 54.0. The van der Waals surface area contributed by atoms with Crippen molar-refractivity contribution >= 4 is 19.8 Å². The van der Waals surface area contributed by atoms with Crippen molar-refractivity contribution in [2.75, 3.05) is 13.2 Å². The van der Waals surface area contributed by atoms with Crippen molar-refractivity contribution in [3.8, 4) is 0 Å². The molecule has 0 bridgehead atoms. The molecule has 0 aromatic carbocycles. The van der Waals surface area contributed by atoms with E-state index in [1.165, 1.54) is 199 Å². The molecule has 328 valence electrons. The molecule has 1 atom stereocenters. The fraction of sp³-hybridized carbons (Fsp3) is 0.957. The Labute approximate surface area is 340 Å². The summed E-state index contributed by atoms with van der Waals surface area (Å²) in [5, 5.41) is 0. The Morgan fingerprint density at radius 3 is 0.927 bits per heavy atom. The molecule has 0 spiro atoms. The lowest BCUT2D eigenvalue weighted by atomic mass is 10.0. The number of hydrogen-bond acceptors (Lipinski definition) is 6. The molecule has 0 aliphatic heterocycles. The van der Waals surface area contributed by atoms with Crippen molar-refractivity contribution in [1.29, 1.82) is 0 Å². The lowest BCUT2D eigenvalue weighted by molar-refractivity contribution is -0.161. The van der Waals surface area contributed by atoms with E-state index in [1.54, 1.807) is 0 Å². The molecular formula is C46H91O8P. The van der Waals surface area contributed by atoms with Gasteiger partial charge in [-0.2, -0.15) is 0 Å². The Morgan fingerprint density at radius 2 is 0.655 bits per heavy atom. The quantitative estimate of drug-likeness (QED) is 0.0355. The molecule has 0 aromatic rings. The number of carbonyl (C=O) groups is 2. The van der Waals surface area contributed by atoms with Crippen molar-refractivity contribution in [2.24, 2.45) is 0 Å². The third kappa shape index (κ3) is 45.6. The van der Waals surface area contributed by atoms with Gasteiger partial charge in [-0.1, -0.05) is 239 Å². The van der Waals surface area contributed by atoms with Crippen LogP contribution in [0.15, 0.2) is 0 Å². The molecule has 0 rings (SSSR count). The van der Waals surface area contributed by atoms with Crippen LogP contribution in [0.5, 0.6) is 0 Å². The number of esters is 2. The monoisotopic (exact) mass is 803 g/mol. The molecule has 0 aliphatic carbocycles. The van der Waals surface area contributed by atoms with Crippen molar-refractivity contribution in [1.82, 2.24) is 0 Å². The Hall–Kier alpha value is -0.950. The fourth-order valence-corrected chi connectivity index (χ4v) is 7.68. The second-order valence-electron chi connectivity index (χ2n) is 16.5. The Kier molecular flexibility index (Phi) is 41.9. The van der Waals surface area contributed by atoms with Gasteiger partial charge in [-0.15, -0.1) is 0 Å². The predicted molar refractivity (Wildman–Crippen MR) is 230 cm³/mol. The van der Waals surface area contributed by atoms with Crippen LogP contribution in [-0.2, 0) is 28.2 Å². The second kappa shape index (κ2) is 42.7. The van der Waals surface area contributed by atoms with Crippen molar-refractivity contribution in [2.45, 2.75) is 270 Å². The lowest BCUT2D eigenvalue weighted by Gasteiger charge is -2.18. The summed E-state index contributed by atoms with van der Waals surface area (Å²) in [6.45, 7) is 3.73. The van der Waals surface area contributed by atoms with Crippen LogP contribution < -0.4 is 0 Å². The Balaban J connectivity index is 3.76. The second-order valence-corrected chi connectivity index (χ2v) is 17.7. The molecule has 8 nitrogen and oxygen atoms in total. The predicted octanol–water partition coefficient (Wildman–Crippen LogP) is 14.8. The van der Waals surface area contributed by atoms with Gasteiger partial charge in [-0.3, -0.25) is 14.1 Å². The van der Waals surface area contributed by atoms with E-state index in [0.717, 1.165) is 32.1 Å². The van der Waals surface area contributed by atoms with E-state index in [-0.39, 0.29) is 19.4 Å². The first-order valence-corrected chi connectivity index (χ1v) is 25.4. The molecule has 0 radical (unpaired) electrons. The van der Waals surface area contributed by atoms with Gasteiger partial charge in [0.25, 0.3) is 0 Å². The zero-order chi connectivity index (χ0) is 40.3. The first-order chi connectivity index (χ1) is 26.8. The van der Waals surface area contributed by atoms with Crippen LogP contribution in [-0.4, -0.2) is 41.0 Å². The third-order valence-electron chi connectivity index (χ3n) is 10.9. The van der Waals surface area contributed by atoms with E-state index in [1.807, 2.05) is 0 Å². The fourth-order valence-electron chi connectivity index (χ4n) is 7.32. The summed E-state index contributed by atoms with van der Waals surface area (Å²) in [5.74, 6) is -0.864. The van der Waals surface area contributed by atoms with Gasteiger partial charge in [-0.25, -0.2) is 4.57 Å². The van der Waals surface area contributed by atoms with Crippen LogP contribution in [0.4, 0.5) is 0 Å². The number of unbranched alkanes of at least 4 members (excludes halogenated alkanes) is 35. The van der Waals surface area contributed by atoms with Crippen LogP contribution in [0.3, 0.4) is 0 Å². The molecule has 0 saturated carbocycles. The number of phosphoric acid groups is 1. The number of carbonyl (C=O) groups excluding carboxylic acids is 2. The topological polar surface area (TPSA) is 119 Å². The van der Waals surface area contributed by atoms with Gasteiger partial charge in [0.15, 0.2) is 6.10 Å². The van der Waals surface area contributed by atoms with Crippen LogP contribution >= 0.6 is 7.82 Å². The highest BCUT2D eigenvalue weighted by atomic mass is 31.2. The summed E-state index contributed by atoms with van der Waals surface area (Å²) < 4.78 is 26.5. The smallest absolute Gasteiger partial charge is 0.462 e. The SMILES string of the molecule is CCCCCCCCCCCCCCCCCCCCCCCCCC(=O)O[C@H](COC(=O)CCCCCCCCCCCCCCCC)COP(=O)(O)O. The van der Waals surface area contributed by atoms with E-state index in [2.05, 4.69) is 18.4 Å². The van der Waals surface area contributed by atoms with E-state index in [9.17, 15) is 14.2 Å². The molecular weight excluding hydrogens is 711 g/mol. The Morgan fingerprint density at radius 1 is 0.400 bits per heavy atom. The molecule has 9 heteroatoms. The minimum absolute atomic E-state index is 0.221. The standard InChI is InChI=1S/C46H91O8P/c1-3-5-7-9-11-13-15-17-19-20-21-22-23-24-25-26-27-29-31-33-35-37-39-41-46(48)54-44(43-53-55(49,50)51)42-52-45(47)40-38-36-34-32-30-28-18-16-14-12-10-8-6-4-2/h44H,3-43H2,1-2H3,(H2,49,50,51)/t44-/m1/s1. The van der Waals surface area contributed by atoms with Gasteiger partial charge in [0.05, 0.1) is 6.61 Å². The maximum atomic E-state index is 12.4. The third-order valence-corrected chi connectivity index (χ3v) is 11.4. The number of hydrogen-bond donors (Lipinski definition) is 2. The van der Waals surface area contributed by atoms with Gasteiger partial charge in [0.2, 0.25) is 0 Å². The maximum Gasteiger partial charge on any atom is 0.469 e. The number of phosphoric ester groups is 1. The molecule has 0 unspecified atom stereocenters. The number of rotatable bonds is 45. The van der Waals surface area contributed by atoms with Crippen molar-refractivity contribution in [3.05, 3.63) is 0 Å². The van der Waals surface area contributed by atoms with Crippen LogP contribution in [0.25, 0.3) is 0 Å². The van der Waals surface area contributed by atoms with Gasteiger partial charge in [0.1, 0.15) is 6.61 Å². The van der Waals surface area contributed by atoms with Crippen LogP contribution in [0.1, 0.15) is 264 Å². The highest BCUT2D eigenvalue weighted by Gasteiger charge is 2.23. The minimum Gasteiger partial charge on any atom is -0.462 e. The molecule has 0 amide bonds. The van der Waals surface area contributed by atoms with E-state index < -0.39 is 32.5 Å². The highest BCUT2D eigenvalue weighted by Crippen LogP contribution is 2.36. The average Bonchev–Trinajstić information content (AvgIpc) is 3.16. The van der Waals surface area contributed by atoms with Gasteiger partial charge >= 0.3 is 19.8 Å². The summed E-state index contributed by atoms with van der Waals surface area (Å²) in [6, 6.07) is 0. The van der Waals surface area contributed by atoms with Gasteiger partial charge in [-0.05, 0) is 12.8 Å². The van der Waals surface area contributed by atoms with Gasteiger partial charge < -0.3 is 19.3 Å². The molecule has 0 aromatic heterocycles. The molecule has 0 saturated heterocycles. The maximum absolute atomic E-state index is 12.4. The van der Waals surface area contributed by atoms with Crippen molar-refractivity contribution in [3.63, 3.8) is 0 Å². The van der Waals surface area contributed by atoms with E-state index in [4.69, 9.17) is 19.3 Å². The molecule has 0 aliphatic rings. The van der Waals surface area contributed by atoms with E-state index in [0.29, 0.717) is 6.42 Å². The Bertz CT molecular complexity index is 863. The van der Waals surface area contributed by atoms with Gasteiger partial charge in [0, 0.05) is 12.8 Å². The van der Waals surface area contributed by atoms with Crippen molar-refractivity contribution < 1.29 is 37.9 Å². The zero-order valence-electron chi connectivity index (χ0n) is 36.4. The first-order valence-electron chi connectivity index (χ1n) is 23.8. The summed E-state index contributed by atoms with van der Waals surface area (Å²) in [7, 11) is -4.75. The summed E-state index contributed by atoms with van der Waals surface area (Å²) in [4.78, 5) is 42.9. The largest absolute Gasteiger partial charge is 0.469 e. The highest BCUT2D eigenvalue weighted by molar-refractivity contribution is 7.46. The lowest BCUT2D eigenvalue weighted by Crippen LogP contribution is -2.29. The molecule has 55 heavy (non-hydrogen) atoms. The zero-order valence-corrected chi connectivity index (χ0v) is 37.3. The van der Waals surface area contributed by atoms with Crippen LogP contribution in [0.2, 0.25) is 0 Å².